The Morgan fingerprint density at radius 3 is 2.24 bits per heavy atom. The maximum absolute atomic E-state index is 12.5. The van der Waals surface area contributed by atoms with Crippen LogP contribution in [0.15, 0.2) is 0 Å². The van der Waals surface area contributed by atoms with Crippen LogP contribution in [0.1, 0.15) is 59.4 Å². The van der Waals surface area contributed by atoms with Gasteiger partial charge < -0.3 is 10.2 Å². The molecule has 1 fully saturated rings. The van der Waals surface area contributed by atoms with E-state index in [0.717, 1.165) is 11.4 Å². The van der Waals surface area contributed by atoms with Crippen LogP contribution < -0.4 is 5.32 Å². The van der Waals surface area contributed by atoms with Gasteiger partial charge in [-0.1, -0.05) is 52.9 Å². The molecule has 1 saturated heterocycles. The molecule has 1 aromatic heterocycles. The molecule has 2 rings (SSSR count). The summed E-state index contributed by atoms with van der Waals surface area (Å²) in [5.41, 5.74) is -0.224. The summed E-state index contributed by atoms with van der Waals surface area (Å²) >= 11 is 1.44. The summed E-state index contributed by atoms with van der Waals surface area (Å²) in [5, 5.41) is 12.6. The smallest absolute Gasteiger partial charge is 0.229 e. The third-order valence-electron chi connectivity index (χ3n) is 4.17. The van der Waals surface area contributed by atoms with Crippen molar-refractivity contribution in [3.8, 4) is 0 Å². The van der Waals surface area contributed by atoms with Gasteiger partial charge in [-0.2, -0.15) is 0 Å². The minimum Gasteiger partial charge on any atom is -0.342 e. The number of anilines is 1. The Morgan fingerprint density at radius 1 is 1.12 bits per heavy atom. The number of nitrogens with zero attached hydrogens (tertiary/aromatic N) is 3. The van der Waals surface area contributed by atoms with Gasteiger partial charge in [0.1, 0.15) is 5.01 Å². The highest BCUT2D eigenvalue weighted by Crippen LogP contribution is 2.27. The Labute approximate surface area is 154 Å². The lowest BCUT2D eigenvalue weighted by atomic mass is 9.91. The fourth-order valence-electron chi connectivity index (χ4n) is 2.86. The van der Waals surface area contributed by atoms with Crippen LogP contribution in [0.25, 0.3) is 0 Å². The Hall–Kier alpha value is -1.50. The maximum atomic E-state index is 12.5. The van der Waals surface area contributed by atoms with E-state index in [1.807, 2.05) is 25.7 Å². The molecule has 1 aliphatic rings. The van der Waals surface area contributed by atoms with Crippen LogP contribution in [0.2, 0.25) is 0 Å². The quantitative estimate of drug-likeness (QED) is 0.890. The molecule has 1 N–H and O–H groups in total. The predicted molar refractivity (Wildman–Crippen MR) is 100 cm³/mol. The van der Waals surface area contributed by atoms with Crippen LogP contribution in [0.5, 0.6) is 0 Å². The van der Waals surface area contributed by atoms with Crippen molar-refractivity contribution in [2.45, 2.75) is 60.8 Å². The van der Waals surface area contributed by atoms with Crippen LogP contribution in [-0.4, -0.2) is 40.0 Å². The molecule has 140 valence electrons. The van der Waals surface area contributed by atoms with Crippen LogP contribution in [0, 0.1) is 16.7 Å². The molecule has 0 aliphatic carbocycles. The second kappa shape index (κ2) is 7.40. The van der Waals surface area contributed by atoms with E-state index in [9.17, 15) is 9.59 Å². The summed E-state index contributed by atoms with van der Waals surface area (Å²) in [7, 11) is 0. The highest BCUT2D eigenvalue weighted by molar-refractivity contribution is 7.15. The average Bonchev–Trinajstić information content (AvgIpc) is 2.90. The van der Waals surface area contributed by atoms with E-state index in [1.165, 1.54) is 11.3 Å². The van der Waals surface area contributed by atoms with Gasteiger partial charge in [-0.3, -0.25) is 9.59 Å². The fraction of sp³-hybridized carbons (Fsp3) is 0.778. The van der Waals surface area contributed by atoms with Crippen LogP contribution in [0.3, 0.4) is 0 Å². The molecule has 0 bridgehead atoms. The summed E-state index contributed by atoms with van der Waals surface area (Å²) in [6.45, 7) is 13.5. The highest BCUT2D eigenvalue weighted by Gasteiger charge is 2.32. The molecule has 1 aliphatic heterocycles. The second-order valence-corrected chi connectivity index (χ2v) is 10.1. The van der Waals surface area contributed by atoms with Gasteiger partial charge in [0.15, 0.2) is 0 Å². The first-order chi connectivity index (χ1) is 11.5. The van der Waals surface area contributed by atoms with E-state index < -0.39 is 0 Å². The first-order valence-electron chi connectivity index (χ1n) is 8.88. The van der Waals surface area contributed by atoms with Crippen molar-refractivity contribution in [3.05, 3.63) is 5.01 Å². The van der Waals surface area contributed by atoms with Gasteiger partial charge in [-0.15, -0.1) is 10.2 Å². The van der Waals surface area contributed by atoms with Crippen molar-refractivity contribution in [2.75, 3.05) is 18.4 Å². The predicted octanol–water partition coefficient (Wildman–Crippen LogP) is 3.35. The van der Waals surface area contributed by atoms with Gasteiger partial charge in [-0.05, 0) is 18.3 Å². The lowest BCUT2D eigenvalue weighted by Gasteiger charge is -2.35. The number of aromatic nitrogens is 2. The van der Waals surface area contributed by atoms with Gasteiger partial charge in [-0.25, -0.2) is 0 Å². The number of likely N-dealkylation sites (tertiary alicyclic amines) is 1. The first-order valence-corrected chi connectivity index (χ1v) is 9.70. The standard InChI is InChI=1S/C18H30N4O2S/c1-17(2,3)11-13-20-21-16(25-13)19-14(23)12-7-9-22(10-8-12)15(24)18(4,5)6/h12H,7-11H2,1-6H3,(H,19,21,23). The largest absolute Gasteiger partial charge is 0.342 e. The van der Waals surface area contributed by atoms with Gasteiger partial charge >= 0.3 is 0 Å². The Balaban J connectivity index is 1.86. The van der Waals surface area contributed by atoms with Crippen molar-refractivity contribution in [1.29, 1.82) is 0 Å². The monoisotopic (exact) mass is 366 g/mol. The summed E-state index contributed by atoms with van der Waals surface area (Å²) in [6.07, 6.45) is 2.23. The van der Waals surface area contributed by atoms with Crippen molar-refractivity contribution in [1.82, 2.24) is 15.1 Å². The Morgan fingerprint density at radius 2 is 1.72 bits per heavy atom. The van der Waals surface area contributed by atoms with Crippen molar-refractivity contribution >= 4 is 28.3 Å². The van der Waals surface area contributed by atoms with E-state index in [0.29, 0.717) is 31.1 Å². The zero-order valence-corrected chi connectivity index (χ0v) is 17.0. The van der Waals surface area contributed by atoms with E-state index in [-0.39, 0.29) is 28.6 Å². The molecule has 0 saturated carbocycles. The Bertz CT molecular complexity index is 620. The molecule has 2 heterocycles. The average molecular weight is 367 g/mol. The molecular weight excluding hydrogens is 336 g/mol. The minimum absolute atomic E-state index is 0.0127. The van der Waals surface area contributed by atoms with Gasteiger partial charge in [0.2, 0.25) is 16.9 Å². The maximum Gasteiger partial charge on any atom is 0.229 e. The normalized spacial score (nSPS) is 16.8. The molecule has 0 unspecified atom stereocenters. The first kappa shape index (κ1) is 19.8. The molecule has 1 aromatic rings. The van der Waals surface area contributed by atoms with Crippen molar-refractivity contribution in [3.63, 3.8) is 0 Å². The van der Waals surface area contributed by atoms with E-state index >= 15 is 0 Å². The molecule has 25 heavy (non-hydrogen) atoms. The summed E-state index contributed by atoms with van der Waals surface area (Å²) in [4.78, 5) is 26.6. The number of nitrogens with one attached hydrogen (secondary N) is 1. The highest BCUT2D eigenvalue weighted by atomic mass is 32.1. The SMILES string of the molecule is CC(C)(C)Cc1nnc(NC(=O)C2CCN(C(=O)C(C)(C)C)CC2)s1. The molecule has 2 amide bonds. The van der Waals surface area contributed by atoms with Gasteiger partial charge in [0.25, 0.3) is 0 Å². The second-order valence-electron chi connectivity index (χ2n) is 9.04. The number of piperidine rings is 1. The number of hydrogen-bond donors (Lipinski definition) is 1. The van der Waals surface area contributed by atoms with Gasteiger partial charge in [0, 0.05) is 30.8 Å². The van der Waals surface area contributed by atoms with Crippen LogP contribution in [0.4, 0.5) is 5.13 Å². The summed E-state index contributed by atoms with van der Waals surface area (Å²) in [5.74, 6) is 0.0719. The zero-order chi connectivity index (χ0) is 18.8. The number of hydrogen-bond acceptors (Lipinski definition) is 5. The third kappa shape index (κ3) is 5.76. The number of rotatable bonds is 3. The van der Waals surface area contributed by atoms with E-state index in [1.54, 1.807) is 0 Å². The van der Waals surface area contributed by atoms with Crippen LogP contribution >= 0.6 is 11.3 Å². The van der Waals surface area contributed by atoms with E-state index in [4.69, 9.17) is 0 Å². The van der Waals surface area contributed by atoms with Crippen molar-refractivity contribution in [2.24, 2.45) is 16.7 Å². The van der Waals surface area contributed by atoms with E-state index in [2.05, 4.69) is 36.3 Å². The minimum atomic E-state index is -0.370. The molecular formula is C18H30N4O2S. The number of amides is 2. The number of carbonyl (C=O) groups excluding carboxylic acids is 2. The number of carbonyl (C=O) groups is 2. The van der Waals surface area contributed by atoms with Gasteiger partial charge in [0.05, 0.1) is 0 Å². The topological polar surface area (TPSA) is 75.2 Å². The van der Waals surface area contributed by atoms with Crippen molar-refractivity contribution < 1.29 is 9.59 Å². The summed E-state index contributed by atoms with van der Waals surface area (Å²) in [6, 6.07) is 0. The molecule has 7 heteroatoms. The molecule has 0 aromatic carbocycles. The molecule has 0 radical (unpaired) electrons. The summed E-state index contributed by atoms with van der Waals surface area (Å²) < 4.78 is 0. The molecule has 6 nitrogen and oxygen atoms in total. The van der Waals surface area contributed by atoms with Crippen LogP contribution in [-0.2, 0) is 16.0 Å². The molecule has 0 spiro atoms. The lowest BCUT2D eigenvalue weighted by molar-refractivity contribution is -0.142. The third-order valence-corrected chi connectivity index (χ3v) is 5.01. The fourth-order valence-corrected chi connectivity index (χ4v) is 3.90. The Kier molecular flexibility index (Phi) is 5.86. The zero-order valence-electron chi connectivity index (χ0n) is 16.2. The lowest BCUT2D eigenvalue weighted by Crippen LogP contribution is -2.45. The molecule has 0 atom stereocenters.